The van der Waals surface area contributed by atoms with E-state index in [4.69, 9.17) is 16.3 Å². The van der Waals surface area contributed by atoms with Crippen molar-refractivity contribution in [3.8, 4) is 0 Å². The zero-order chi connectivity index (χ0) is 20.1. The van der Waals surface area contributed by atoms with Gasteiger partial charge in [0.25, 0.3) is 0 Å². The fraction of sp³-hybridized carbons (Fsp3) is 0.333. The molecule has 1 unspecified atom stereocenters. The first-order valence-electron chi connectivity index (χ1n) is 9.07. The molecule has 2 aromatic rings. The van der Waals surface area contributed by atoms with Gasteiger partial charge in [-0.3, -0.25) is 9.69 Å². The van der Waals surface area contributed by atoms with Gasteiger partial charge in [-0.15, -0.1) is 0 Å². The van der Waals surface area contributed by atoms with Gasteiger partial charge < -0.3 is 9.64 Å². The van der Waals surface area contributed by atoms with Gasteiger partial charge >= 0.3 is 5.97 Å². The second kappa shape index (κ2) is 9.17. The Morgan fingerprint density at radius 3 is 2.21 bits per heavy atom. The van der Waals surface area contributed by atoms with Gasteiger partial charge in [-0.2, -0.15) is 0 Å². The van der Waals surface area contributed by atoms with E-state index in [1.165, 1.54) is 19.2 Å². The van der Waals surface area contributed by atoms with E-state index >= 15 is 0 Å². The predicted molar refractivity (Wildman–Crippen MR) is 104 cm³/mol. The fourth-order valence-electron chi connectivity index (χ4n) is 3.37. The van der Waals surface area contributed by atoms with Crippen LogP contribution in [-0.2, 0) is 20.7 Å². The Morgan fingerprint density at radius 1 is 1.04 bits per heavy atom. The maximum atomic E-state index is 13.2. The van der Waals surface area contributed by atoms with Gasteiger partial charge in [0.15, 0.2) is 0 Å². The number of ether oxygens (including phenoxy) is 1. The van der Waals surface area contributed by atoms with Crippen molar-refractivity contribution in [1.29, 1.82) is 0 Å². The van der Waals surface area contributed by atoms with Crippen molar-refractivity contribution < 1.29 is 18.7 Å². The number of nitrogens with zero attached hydrogens (tertiary/aromatic N) is 2. The van der Waals surface area contributed by atoms with Crippen LogP contribution in [0.2, 0.25) is 5.02 Å². The second-order valence-corrected chi connectivity index (χ2v) is 7.13. The number of amides is 1. The van der Waals surface area contributed by atoms with Crippen LogP contribution in [0, 0.1) is 5.82 Å². The van der Waals surface area contributed by atoms with Gasteiger partial charge in [0.1, 0.15) is 11.9 Å². The highest BCUT2D eigenvalue weighted by Gasteiger charge is 2.32. The summed E-state index contributed by atoms with van der Waals surface area (Å²) in [5.74, 6) is -0.712. The maximum absolute atomic E-state index is 13.2. The van der Waals surface area contributed by atoms with Crippen LogP contribution in [0.1, 0.15) is 17.2 Å². The number of hydrogen-bond acceptors (Lipinski definition) is 4. The Hall–Kier alpha value is -2.44. The van der Waals surface area contributed by atoms with Crippen molar-refractivity contribution in [2.24, 2.45) is 0 Å². The highest BCUT2D eigenvalue weighted by atomic mass is 35.5. The summed E-state index contributed by atoms with van der Waals surface area (Å²) < 4.78 is 18.2. The van der Waals surface area contributed by atoms with E-state index in [9.17, 15) is 14.0 Å². The summed E-state index contributed by atoms with van der Waals surface area (Å²) >= 11 is 5.88. The van der Waals surface area contributed by atoms with E-state index in [0.29, 0.717) is 43.2 Å². The van der Waals surface area contributed by atoms with Crippen molar-refractivity contribution in [3.63, 3.8) is 0 Å². The van der Waals surface area contributed by atoms with Gasteiger partial charge in [-0.05, 0) is 35.4 Å². The summed E-state index contributed by atoms with van der Waals surface area (Å²) in [6.07, 6.45) is 0.315. The van der Waals surface area contributed by atoms with Gasteiger partial charge in [-0.25, -0.2) is 9.18 Å². The largest absolute Gasteiger partial charge is 0.468 e. The minimum absolute atomic E-state index is 0.0402. The summed E-state index contributed by atoms with van der Waals surface area (Å²) in [6, 6.07) is 12.5. The maximum Gasteiger partial charge on any atom is 0.327 e. The Kier molecular flexibility index (Phi) is 6.65. The molecule has 3 rings (SSSR count). The molecule has 1 heterocycles. The van der Waals surface area contributed by atoms with Crippen molar-refractivity contribution in [3.05, 3.63) is 70.5 Å². The van der Waals surface area contributed by atoms with Crippen molar-refractivity contribution in [2.45, 2.75) is 12.5 Å². The van der Waals surface area contributed by atoms with E-state index in [1.807, 2.05) is 17.0 Å². The fourth-order valence-corrected chi connectivity index (χ4v) is 3.50. The first-order chi connectivity index (χ1) is 13.5. The Morgan fingerprint density at radius 2 is 1.64 bits per heavy atom. The monoisotopic (exact) mass is 404 g/mol. The lowest BCUT2D eigenvalue weighted by Gasteiger charge is -2.38. The molecule has 0 N–H and O–H groups in total. The molecule has 0 spiro atoms. The van der Waals surface area contributed by atoms with Crippen LogP contribution in [-0.4, -0.2) is 55.0 Å². The minimum atomic E-state index is -0.612. The summed E-state index contributed by atoms with van der Waals surface area (Å²) in [6.45, 7) is 2.09. The number of methoxy groups -OCH3 is 1. The topological polar surface area (TPSA) is 49.9 Å². The normalized spacial score (nSPS) is 15.9. The van der Waals surface area contributed by atoms with Gasteiger partial charge in [0.05, 0.1) is 13.5 Å². The molecule has 1 fully saturated rings. The van der Waals surface area contributed by atoms with E-state index < -0.39 is 12.0 Å². The van der Waals surface area contributed by atoms with Crippen LogP contribution in [0.3, 0.4) is 0 Å². The molecule has 1 saturated heterocycles. The molecule has 7 heteroatoms. The lowest BCUT2D eigenvalue weighted by molar-refractivity contribution is -0.148. The van der Waals surface area contributed by atoms with Gasteiger partial charge in [0, 0.05) is 31.2 Å². The molecule has 0 saturated carbocycles. The van der Waals surface area contributed by atoms with Crippen LogP contribution in [0.15, 0.2) is 48.5 Å². The smallest absolute Gasteiger partial charge is 0.327 e. The predicted octanol–water partition coefficient (Wildman–Crippen LogP) is 3.08. The number of piperazine rings is 1. The summed E-state index contributed by atoms with van der Waals surface area (Å²) in [4.78, 5) is 28.7. The molecule has 0 aromatic heterocycles. The van der Waals surface area contributed by atoms with E-state index in [2.05, 4.69) is 0 Å². The second-order valence-electron chi connectivity index (χ2n) is 6.70. The van der Waals surface area contributed by atoms with Gasteiger partial charge in [-0.1, -0.05) is 35.9 Å². The molecule has 2 aromatic carbocycles. The van der Waals surface area contributed by atoms with Crippen LogP contribution in [0.4, 0.5) is 4.39 Å². The average Bonchev–Trinajstić information content (AvgIpc) is 2.71. The molecule has 1 amide bonds. The van der Waals surface area contributed by atoms with Crippen LogP contribution < -0.4 is 0 Å². The zero-order valence-corrected chi connectivity index (χ0v) is 16.4. The number of hydrogen-bond donors (Lipinski definition) is 0. The number of rotatable bonds is 5. The van der Waals surface area contributed by atoms with Crippen LogP contribution >= 0.6 is 11.6 Å². The minimum Gasteiger partial charge on any atom is -0.468 e. The Bertz CT molecular complexity index is 819. The van der Waals surface area contributed by atoms with E-state index in [1.54, 1.807) is 29.2 Å². The first kappa shape index (κ1) is 20.3. The number of halogens is 2. The lowest BCUT2D eigenvalue weighted by atomic mass is 10.0. The molecule has 1 atom stereocenters. The van der Waals surface area contributed by atoms with Crippen molar-refractivity contribution in [1.82, 2.24) is 9.80 Å². The molecule has 1 aliphatic heterocycles. The highest BCUT2D eigenvalue weighted by Crippen LogP contribution is 2.24. The van der Waals surface area contributed by atoms with Crippen molar-refractivity contribution in [2.75, 3.05) is 33.3 Å². The summed E-state index contributed by atoms with van der Waals surface area (Å²) in [7, 11) is 1.34. The SMILES string of the molecule is COC(=O)C(c1ccc(F)cc1)N1CCN(C(=O)Cc2ccc(Cl)cc2)CC1. The molecule has 148 valence electrons. The zero-order valence-electron chi connectivity index (χ0n) is 15.6. The molecular formula is C21H22ClFN2O3. The Labute approximate surface area is 168 Å². The van der Waals surface area contributed by atoms with Gasteiger partial charge in [0.2, 0.25) is 5.91 Å². The summed E-state index contributed by atoms with van der Waals surface area (Å²) in [5.41, 5.74) is 1.59. The lowest BCUT2D eigenvalue weighted by Crippen LogP contribution is -2.51. The highest BCUT2D eigenvalue weighted by molar-refractivity contribution is 6.30. The first-order valence-corrected chi connectivity index (χ1v) is 9.45. The third kappa shape index (κ3) is 4.88. The molecule has 0 aliphatic carbocycles. The van der Waals surface area contributed by atoms with E-state index in [0.717, 1.165) is 5.56 Å². The molecule has 5 nitrogen and oxygen atoms in total. The molecule has 0 bridgehead atoms. The van der Waals surface area contributed by atoms with Crippen LogP contribution in [0.25, 0.3) is 0 Å². The molecule has 28 heavy (non-hydrogen) atoms. The number of carbonyl (C=O) groups is 2. The number of esters is 1. The molecule has 0 radical (unpaired) electrons. The van der Waals surface area contributed by atoms with E-state index in [-0.39, 0.29) is 11.7 Å². The third-order valence-corrected chi connectivity index (χ3v) is 5.16. The Balaban J connectivity index is 1.63. The summed E-state index contributed by atoms with van der Waals surface area (Å²) in [5, 5.41) is 0.638. The average molecular weight is 405 g/mol. The van der Waals surface area contributed by atoms with Crippen LogP contribution in [0.5, 0.6) is 0 Å². The standard InChI is InChI=1S/C21H22ClFN2O3/c1-28-21(27)20(16-4-8-18(23)9-5-16)25-12-10-24(11-13-25)19(26)14-15-2-6-17(22)7-3-15/h2-9,20H,10-14H2,1H3. The number of carbonyl (C=O) groups excluding carboxylic acids is 2. The van der Waals surface area contributed by atoms with Crippen molar-refractivity contribution >= 4 is 23.5 Å². The quantitative estimate of drug-likeness (QED) is 0.719. The molecular weight excluding hydrogens is 383 g/mol. The number of benzene rings is 2. The third-order valence-electron chi connectivity index (χ3n) is 4.91. The molecule has 1 aliphatic rings.